The third-order valence-corrected chi connectivity index (χ3v) is 6.92. The molecule has 1 N–H and O–H groups in total. The molecule has 0 aliphatic carbocycles. The number of hydrogen-bond acceptors (Lipinski definition) is 4. The number of para-hydroxylation sites is 1. The molecule has 2 aliphatic rings. The Morgan fingerprint density at radius 3 is 2.44 bits per heavy atom. The fraction of sp³-hybridized carbons (Fsp3) is 0.276. The van der Waals surface area contributed by atoms with Crippen molar-refractivity contribution in [1.82, 2.24) is 5.32 Å². The summed E-state index contributed by atoms with van der Waals surface area (Å²) in [5.74, 6) is -0.437. The van der Waals surface area contributed by atoms with Crippen molar-refractivity contribution in [2.75, 3.05) is 30.0 Å². The van der Waals surface area contributed by atoms with Gasteiger partial charge in [-0.1, -0.05) is 48.5 Å². The third kappa shape index (κ3) is 4.69. The van der Waals surface area contributed by atoms with E-state index < -0.39 is 12.0 Å². The maximum atomic E-state index is 13.8. The van der Waals surface area contributed by atoms with E-state index in [1.165, 1.54) is 0 Å². The van der Waals surface area contributed by atoms with Gasteiger partial charge in [-0.3, -0.25) is 14.4 Å². The number of hydrogen-bond donors (Lipinski definition) is 1. The van der Waals surface area contributed by atoms with Crippen LogP contribution < -0.4 is 19.9 Å². The van der Waals surface area contributed by atoms with Crippen LogP contribution >= 0.6 is 0 Å². The van der Waals surface area contributed by atoms with Crippen LogP contribution in [-0.2, 0) is 20.8 Å². The normalized spacial score (nSPS) is 17.9. The van der Waals surface area contributed by atoms with E-state index in [-0.39, 0.29) is 30.7 Å². The van der Waals surface area contributed by atoms with E-state index >= 15 is 0 Å². The summed E-state index contributed by atoms with van der Waals surface area (Å²) in [5.41, 5.74) is 3.46. The molecule has 1 saturated heterocycles. The standard InChI is InChI=1S/C29H29N3O4/c1-36-24-15-13-23(14-16-24)32-19-22(18-26(32)33)28(34)30-27(21-9-3-2-4-10-21)29(35)31-17-7-11-20-8-5-6-12-25(20)31/h2-6,8-10,12-16,22,27H,7,11,17-19H2,1H3,(H,30,34)/t22-,27+/m1/s1. The second kappa shape index (κ2) is 10.2. The molecule has 36 heavy (non-hydrogen) atoms. The molecule has 3 aromatic carbocycles. The first-order valence-electron chi connectivity index (χ1n) is 12.2. The van der Waals surface area contributed by atoms with Gasteiger partial charge >= 0.3 is 0 Å². The van der Waals surface area contributed by atoms with Gasteiger partial charge in [-0.05, 0) is 54.3 Å². The molecule has 3 aromatic rings. The van der Waals surface area contributed by atoms with E-state index in [1.807, 2.05) is 54.6 Å². The Balaban J connectivity index is 1.36. The number of nitrogens with one attached hydrogen (secondary N) is 1. The summed E-state index contributed by atoms with van der Waals surface area (Å²) in [5, 5.41) is 2.98. The molecule has 3 amide bonds. The molecular weight excluding hydrogens is 454 g/mol. The lowest BCUT2D eigenvalue weighted by Gasteiger charge is -2.33. The summed E-state index contributed by atoms with van der Waals surface area (Å²) in [6.07, 6.45) is 1.89. The predicted molar refractivity (Wildman–Crippen MR) is 138 cm³/mol. The van der Waals surface area contributed by atoms with Gasteiger partial charge in [0.15, 0.2) is 0 Å². The SMILES string of the molecule is COc1ccc(N2C[C@H](C(=O)N[C@H](C(=O)N3CCCc4ccccc43)c3ccccc3)CC2=O)cc1. The van der Waals surface area contributed by atoms with Gasteiger partial charge in [0, 0.05) is 30.9 Å². The number of amides is 3. The van der Waals surface area contributed by atoms with Crippen molar-refractivity contribution < 1.29 is 19.1 Å². The highest BCUT2D eigenvalue weighted by Gasteiger charge is 2.38. The van der Waals surface area contributed by atoms with Gasteiger partial charge in [0.2, 0.25) is 11.8 Å². The number of carbonyl (C=O) groups excluding carboxylic acids is 3. The number of fused-ring (bicyclic) bond motifs is 1. The fourth-order valence-corrected chi connectivity index (χ4v) is 5.01. The minimum Gasteiger partial charge on any atom is -0.497 e. The highest BCUT2D eigenvalue weighted by atomic mass is 16.5. The fourth-order valence-electron chi connectivity index (χ4n) is 5.01. The molecule has 1 fully saturated rings. The molecule has 2 atom stereocenters. The second-order valence-corrected chi connectivity index (χ2v) is 9.18. The average Bonchev–Trinajstić information content (AvgIpc) is 3.33. The maximum absolute atomic E-state index is 13.8. The molecular formula is C29H29N3O4. The highest BCUT2D eigenvalue weighted by molar-refractivity contribution is 6.03. The number of carbonyl (C=O) groups is 3. The minimum absolute atomic E-state index is 0.0973. The van der Waals surface area contributed by atoms with Crippen molar-refractivity contribution in [2.24, 2.45) is 5.92 Å². The van der Waals surface area contributed by atoms with Crippen LogP contribution in [0.15, 0.2) is 78.9 Å². The van der Waals surface area contributed by atoms with E-state index in [1.54, 1.807) is 41.2 Å². The molecule has 2 heterocycles. The summed E-state index contributed by atoms with van der Waals surface area (Å²) in [6.45, 7) is 0.863. The van der Waals surface area contributed by atoms with Crippen LogP contribution in [0.2, 0.25) is 0 Å². The second-order valence-electron chi connectivity index (χ2n) is 9.18. The van der Waals surface area contributed by atoms with Gasteiger partial charge in [-0.2, -0.15) is 0 Å². The summed E-state index contributed by atoms with van der Waals surface area (Å²) in [7, 11) is 1.59. The van der Waals surface area contributed by atoms with Gasteiger partial charge in [-0.15, -0.1) is 0 Å². The lowest BCUT2D eigenvalue weighted by Crippen LogP contribution is -2.46. The average molecular weight is 484 g/mol. The molecule has 0 bridgehead atoms. The van der Waals surface area contributed by atoms with Gasteiger partial charge in [-0.25, -0.2) is 0 Å². The van der Waals surface area contributed by atoms with Gasteiger partial charge in [0.25, 0.3) is 5.91 Å². The van der Waals surface area contributed by atoms with Crippen LogP contribution in [-0.4, -0.2) is 37.9 Å². The van der Waals surface area contributed by atoms with Crippen molar-refractivity contribution in [1.29, 1.82) is 0 Å². The van der Waals surface area contributed by atoms with E-state index in [2.05, 4.69) is 5.32 Å². The topological polar surface area (TPSA) is 79.0 Å². The van der Waals surface area contributed by atoms with E-state index in [0.717, 1.165) is 35.3 Å². The lowest BCUT2D eigenvalue weighted by molar-refractivity contribution is -0.130. The van der Waals surface area contributed by atoms with Crippen molar-refractivity contribution >= 4 is 29.1 Å². The number of aryl methyl sites for hydroxylation is 1. The number of ether oxygens (including phenoxy) is 1. The van der Waals surface area contributed by atoms with E-state index in [0.29, 0.717) is 12.3 Å². The summed E-state index contributed by atoms with van der Waals surface area (Å²) < 4.78 is 5.19. The van der Waals surface area contributed by atoms with Crippen LogP contribution in [0.4, 0.5) is 11.4 Å². The van der Waals surface area contributed by atoms with Crippen molar-refractivity contribution in [3.05, 3.63) is 90.0 Å². The largest absolute Gasteiger partial charge is 0.497 e. The molecule has 0 aromatic heterocycles. The van der Waals surface area contributed by atoms with Crippen LogP contribution in [0, 0.1) is 5.92 Å². The lowest BCUT2D eigenvalue weighted by atomic mass is 9.98. The van der Waals surface area contributed by atoms with E-state index in [4.69, 9.17) is 4.74 Å². The van der Waals surface area contributed by atoms with Crippen molar-refractivity contribution in [3.63, 3.8) is 0 Å². The molecule has 0 saturated carbocycles. The number of nitrogens with zero attached hydrogens (tertiary/aromatic N) is 2. The number of benzene rings is 3. The maximum Gasteiger partial charge on any atom is 0.254 e. The zero-order valence-electron chi connectivity index (χ0n) is 20.2. The van der Waals surface area contributed by atoms with Gasteiger partial charge < -0.3 is 19.9 Å². The van der Waals surface area contributed by atoms with Crippen molar-refractivity contribution in [2.45, 2.75) is 25.3 Å². The molecule has 7 nitrogen and oxygen atoms in total. The van der Waals surface area contributed by atoms with E-state index in [9.17, 15) is 14.4 Å². The summed E-state index contributed by atoms with van der Waals surface area (Å²) in [6, 6.07) is 23.6. The molecule has 0 unspecified atom stereocenters. The van der Waals surface area contributed by atoms with Gasteiger partial charge in [0.05, 0.1) is 13.0 Å². The van der Waals surface area contributed by atoms with Crippen LogP contribution in [0.5, 0.6) is 5.75 Å². The number of rotatable bonds is 6. The van der Waals surface area contributed by atoms with Crippen LogP contribution in [0.25, 0.3) is 0 Å². The predicted octanol–water partition coefficient (Wildman–Crippen LogP) is 3.89. The van der Waals surface area contributed by atoms with Crippen LogP contribution in [0.3, 0.4) is 0 Å². The van der Waals surface area contributed by atoms with Gasteiger partial charge in [0.1, 0.15) is 11.8 Å². The smallest absolute Gasteiger partial charge is 0.254 e. The quantitative estimate of drug-likeness (QED) is 0.577. The molecule has 7 heteroatoms. The first kappa shape index (κ1) is 23.6. The summed E-state index contributed by atoms with van der Waals surface area (Å²) in [4.78, 5) is 43.4. The molecule has 0 radical (unpaired) electrons. The highest BCUT2D eigenvalue weighted by Crippen LogP contribution is 2.31. The Morgan fingerprint density at radius 1 is 0.972 bits per heavy atom. The number of anilines is 2. The Kier molecular flexibility index (Phi) is 6.71. The van der Waals surface area contributed by atoms with Crippen molar-refractivity contribution in [3.8, 4) is 5.75 Å². The molecule has 2 aliphatic heterocycles. The minimum atomic E-state index is -0.838. The monoisotopic (exact) mass is 483 g/mol. The third-order valence-electron chi connectivity index (χ3n) is 6.92. The Labute approximate surface area is 210 Å². The Bertz CT molecular complexity index is 1260. The first-order valence-corrected chi connectivity index (χ1v) is 12.2. The first-order chi connectivity index (χ1) is 17.5. The summed E-state index contributed by atoms with van der Waals surface area (Å²) >= 11 is 0. The van der Waals surface area contributed by atoms with Crippen LogP contribution in [0.1, 0.15) is 30.0 Å². The molecule has 5 rings (SSSR count). The Morgan fingerprint density at radius 2 is 1.69 bits per heavy atom. The zero-order chi connectivity index (χ0) is 25.1. The zero-order valence-corrected chi connectivity index (χ0v) is 20.2. The molecule has 0 spiro atoms. The molecule has 184 valence electrons. The Hall–Kier alpha value is -4.13. The number of methoxy groups -OCH3 is 1.